The molecule has 0 aromatic heterocycles. The highest BCUT2D eigenvalue weighted by atomic mass is 32.2. The molecular weight excluding hydrogens is 326 g/mol. The Hall–Kier alpha value is -1.44. The predicted octanol–water partition coefficient (Wildman–Crippen LogP) is 1.33. The predicted molar refractivity (Wildman–Crippen MR) is 92.1 cm³/mol. The van der Waals surface area contributed by atoms with E-state index in [2.05, 4.69) is 5.32 Å². The molecule has 132 valence electrons. The number of hydrogen-bond acceptors (Lipinski definition) is 4. The molecule has 1 aromatic carbocycles. The average Bonchev–Trinajstić information content (AvgIpc) is 3.34. The number of carbonyl (C=O) groups is 1. The number of hydrogen-bond donors (Lipinski definition) is 2. The van der Waals surface area contributed by atoms with Crippen molar-refractivity contribution in [2.75, 3.05) is 13.1 Å². The van der Waals surface area contributed by atoms with Gasteiger partial charge >= 0.3 is 0 Å². The zero-order chi connectivity index (χ0) is 17.5. The molecular formula is C17H25N3O3S. The summed E-state index contributed by atoms with van der Waals surface area (Å²) in [4.78, 5) is 12.3. The van der Waals surface area contributed by atoms with E-state index in [1.807, 2.05) is 13.8 Å². The summed E-state index contributed by atoms with van der Waals surface area (Å²) in [6, 6.07) is 6.50. The number of benzene rings is 1. The van der Waals surface area contributed by atoms with Gasteiger partial charge in [0.2, 0.25) is 10.0 Å². The second-order valence-electron chi connectivity index (χ2n) is 7.50. The summed E-state index contributed by atoms with van der Waals surface area (Å²) < 4.78 is 27.4. The van der Waals surface area contributed by atoms with Crippen LogP contribution < -0.4 is 11.1 Å². The van der Waals surface area contributed by atoms with Gasteiger partial charge in [-0.25, -0.2) is 8.42 Å². The lowest BCUT2D eigenvalue weighted by Gasteiger charge is -2.41. The summed E-state index contributed by atoms with van der Waals surface area (Å²) in [6.07, 6.45) is 2.62. The van der Waals surface area contributed by atoms with E-state index < -0.39 is 10.0 Å². The van der Waals surface area contributed by atoms with Crippen molar-refractivity contribution in [3.8, 4) is 0 Å². The number of sulfonamides is 1. The van der Waals surface area contributed by atoms with Crippen LogP contribution in [0.15, 0.2) is 29.2 Å². The Morgan fingerprint density at radius 3 is 2.62 bits per heavy atom. The summed E-state index contributed by atoms with van der Waals surface area (Å²) >= 11 is 0. The smallest absolute Gasteiger partial charge is 0.251 e. The molecule has 1 saturated carbocycles. The minimum absolute atomic E-state index is 0.0143. The number of nitrogens with zero attached hydrogens (tertiary/aromatic N) is 1. The van der Waals surface area contributed by atoms with Gasteiger partial charge < -0.3 is 11.1 Å². The van der Waals surface area contributed by atoms with Gasteiger partial charge in [-0.1, -0.05) is 19.9 Å². The van der Waals surface area contributed by atoms with Gasteiger partial charge in [-0.3, -0.25) is 4.79 Å². The number of piperidine rings is 1. The molecule has 1 unspecified atom stereocenters. The van der Waals surface area contributed by atoms with Crippen molar-refractivity contribution in [2.24, 2.45) is 11.1 Å². The van der Waals surface area contributed by atoms with Gasteiger partial charge in [0.05, 0.1) is 4.90 Å². The Morgan fingerprint density at radius 1 is 1.29 bits per heavy atom. The second kappa shape index (κ2) is 6.13. The number of rotatable bonds is 4. The van der Waals surface area contributed by atoms with Gasteiger partial charge in [0.25, 0.3) is 5.91 Å². The Morgan fingerprint density at radius 2 is 2.00 bits per heavy atom. The van der Waals surface area contributed by atoms with E-state index in [0.717, 1.165) is 12.8 Å². The molecule has 1 atom stereocenters. The summed E-state index contributed by atoms with van der Waals surface area (Å²) in [5, 5.41) is 2.88. The summed E-state index contributed by atoms with van der Waals surface area (Å²) in [5.74, 6) is -0.212. The van der Waals surface area contributed by atoms with Crippen molar-refractivity contribution in [3.05, 3.63) is 29.8 Å². The molecule has 3 rings (SSSR count). The minimum Gasteiger partial charge on any atom is -0.349 e. The molecule has 0 radical (unpaired) electrons. The maximum absolute atomic E-state index is 12.9. The Bertz CT molecular complexity index is 741. The molecule has 1 aliphatic carbocycles. The topological polar surface area (TPSA) is 92.5 Å². The third-order valence-electron chi connectivity index (χ3n) is 4.92. The van der Waals surface area contributed by atoms with Gasteiger partial charge in [-0.2, -0.15) is 4.31 Å². The molecule has 1 aliphatic heterocycles. The average molecular weight is 351 g/mol. The fourth-order valence-electron chi connectivity index (χ4n) is 2.97. The van der Waals surface area contributed by atoms with E-state index in [0.29, 0.717) is 25.1 Å². The number of nitrogens with two attached hydrogens (primary N) is 1. The quantitative estimate of drug-likeness (QED) is 0.856. The van der Waals surface area contributed by atoms with E-state index >= 15 is 0 Å². The fraction of sp³-hybridized carbons (Fsp3) is 0.588. The van der Waals surface area contributed by atoms with Gasteiger partial charge in [0.1, 0.15) is 0 Å². The standard InChI is InChI=1S/C17H25N3O3S/c1-17(2)11-20(9-8-15(17)18)24(22,23)14-5-3-4-12(10-14)16(21)19-13-6-7-13/h3-5,10,13,15H,6-9,11,18H2,1-2H3,(H,19,21). The summed E-state index contributed by atoms with van der Waals surface area (Å²) in [7, 11) is -3.63. The minimum atomic E-state index is -3.63. The molecule has 1 aromatic rings. The third kappa shape index (κ3) is 3.48. The Balaban J connectivity index is 1.83. The maximum atomic E-state index is 12.9. The second-order valence-corrected chi connectivity index (χ2v) is 9.44. The van der Waals surface area contributed by atoms with Crippen LogP contribution in [-0.2, 0) is 10.0 Å². The Labute approximate surface area is 143 Å². The van der Waals surface area contributed by atoms with Gasteiger partial charge in [-0.05, 0) is 42.9 Å². The zero-order valence-electron chi connectivity index (χ0n) is 14.2. The lowest BCUT2D eigenvalue weighted by Crippen LogP contribution is -2.53. The van der Waals surface area contributed by atoms with Crippen molar-refractivity contribution >= 4 is 15.9 Å². The van der Waals surface area contributed by atoms with Gasteiger partial charge in [0, 0.05) is 30.7 Å². The largest absolute Gasteiger partial charge is 0.349 e. The molecule has 7 heteroatoms. The zero-order valence-corrected chi connectivity index (χ0v) is 15.0. The molecule has 6 nitrogen and oxygen atoms in total. The van der Waals surface area contributed by atoms with Crippen LogP contribution in [0.4, 0.5) is 0 Å². The molecule has 24 heavy (non-hydrogen) atoms. The molecule has 3 N–H and O–H groups in total. The number of nitrogens with one attached hydrogen (secondary N) is 1. The van der Waals surface area contributed by atoms with E-state index in [1.54, 1.807) is 18.2 Å². The van der Waals surface area contributed by atoms with Crippen LogP contribution >= 0.6 is 0 Å². The van der Waals surface area contributed by atoms with E-state index in [9.17, 15) is 13.2 Å². The molecule has 2 aliphatic rings. The van der Waals surface area contributed by atoms with Crippen molar-refractivity contribution in [3.63, 3.8) is 0 Å². The van der Waals surface area contributed by atoms with E-state index in [-0.39, 0.29) is 28.3 Å². The lowest BCUT2D eigenvalue weighted by molar-refractivity contribution is 0.0951. The van der Waals surface area contributed by atoms with Crippen LogP contribution in [-0.4, -0.2) is 43.8 Å². The van der Waals surface area contributed by atoms with Crippen LogP contribution in [0.25, 0.3) is 0 Å². The SMILES string of the molecule is CC1(C)CN(S(=O)(=O)c2cccc(C(=O)NC3CC3)c2)CCC1N. The maximum Gasteiger partial charge on any atom is 0.251 e. The first-order valence-corrected chi connectivity index (χ1v) is 9.81. The van der Waals surface area contributed by atoms with Crippen LogP contribution in [0.5, 0.6) is 0 Å². The van der Waals surface area contributed by atoms with Crippen LogP contribution in [0.2, 0.25) is 0 Å². The van der Waals surface area contributed by atoms with Crippen molar-refractivity contribution in [1.29, 1.82) is 0 Å². The Kier molecular flexibility index (Phi) is 4.44. The molecule has 0 spiro atoms. The first-order valence-electron chi connectivity index (χ1n) is 8.37. The monoisotopic (exact) mass is 351 g/mol. The number of carbonyl (C=O) groups excluding carboxylic acids is 1. The highest BCUT2D eigenvalue weighted by molar-refractivity contribution is 7.89. The molecule has 0 bridgehead atoms. The van der Waals surface area contributed by atoms with Crippen LogP contribution in [0.1, 0.15) is 43.5 Å². The summed E-state index contributed by atoms with van der Waals surface area (Å²) in [5.41, 5.74) is 6.21. The van der Waals surface area contributed by atoms with Crippen LogP contribution in [0.3, 0.4) is 0 Å². The third-order valence-corrected chi connectivity index (χ3v) is 6.76. The molecule has 1 heterocycles. The van der Waals surface area contributed by atoms with Gasteiger partial charge in [-0.15, -0.1) is 0 Å². The van der Waals surface area contributed by atoms with E-state index in [4.69, 9.17) is 5.73 Å². The highest BCUT2D eigenvalue weighted by Gasteiger charge is 2.39. The summed E-state index contributed by atoms with van der Waals surface area (Å²) in [6.45, 7) is 4.76. The number of amides is 1. The first-order chi connectivity index (χ1) is 11.2. The lowest BCUT2D eigenvalue weighted by atomic mass is 9.81. The van der Waals surface area contributed by atoms with E-state index in [1.165, 1.54) is 10.4 Å². The van der Waals surface area contributed by atoms with Crippen LogP contribution in [0, 0.1) is 5.41 Å². The van der Waals surface area contributed by atoms with Crippen molar-refractivity contribution < 1.29 is 13.2 Å². The highest BCUT2D eigenvalue weighted by Crippen LogP contribution is 2.31. The fourth-order valence-corrected chi connectivity index (χ4v) is 4.65. The van der Waals surface area contributed by atoms with Crippen molar-refractivity contribution in [1.82, 2.24) is 9.62 Å². The normalized spacial score (nSPS) is 24.5. The molecule has 2 fully saturated rings. The van der Waals surface area contributed by atoms with Crippen molar-refractivity contribution in [2.45, 2.75) is 50.1 Å². The molecule has 1 amide bonds. The molecule has 1 saturated heterocycles. The van der Waals surface area contributed by atoms with Gasteiger partial charge in [0.15, 0.2) is 0 Å². The first kappa shape index (κ1) is 17.4.